The summed E-state index contributed by atoms with van der Waals surface area (Å²) in [4.78, 5) is 27.8. The van der Waals surface area contributed by atoms with Crippen molar-refractivity contribution in [3.05, 3.63) is 113 Å². The van der Waals surface area contributed by atoms with Gasteiger partial charge in [-0.15, -0.1) is 0 Å². The summed E-state index contributed by atoms with van der Waals surface area (Å²) in [5, 5.41) is 10.2. The van der Waals surface area contributed by atoms with Crippen molar-refractivity contribution in [2.24, 2.45) is 5.73 Å². The zero-order valence-corrected chi connectivity index (χ0v) is 21.5. The maximum Gasteiger partial charge on any atom is 0.355 e. The molecule has 2 N–H and O–H groups in total. The number of hydrogen-bond donors (Lipinski definition) is 1. The van der Waals surface area contributed by atoms with Crippen molar-refractivity contribution in [2.45, 2.75) is 5.92 Å². The normalized spacial score (nSPS) is 14.9. The van der Waals surface area contributed by atoms with Crippen molar-refractivity contribution >= 4 is 17.6 Å². The number of rotatable bonds is 9. The van der Waals surface area contributed by atoms with Gasteiger partial charge in [-0.3, -0.25) is 4.90 Å². The maximum atomic E-state index is 13.3. The van der Waals surface area contributed by atoms with E-state index in [0.29, 0.717) is 22.7 Å². The molecule has 0 spiro atoms. The predicted molar refractivity (Wildman–Crippen MR) is 143 cm³/mol. The lowest BCUT2D eigenvalue weighted by Gasteiger charge is -2.36. The van der Waals surface area contributed by atoms with Gasteiger partial charge < -0.3 is 24.7 Å². The van der Waals surface area contributed by atoms with E-state index in [1.807, 2.05) is 30.3 Å². The van der Waals surface area contributed by atoms with E-state index < -0.39 is 17.9 Å². The van der Waals surface area contributed by atoms with Crippen LogP contribution in [0.1, 0.15) is 11.5 Å². The van der Waals surface area contributed by atoms with Crippen LogP contribution in [0.3, 0.4) is 0 Å². The first-order valence-electron chi connectivity index (χ1n) is 12.1. The number of nitriles is 1. The van der Waals surface area contributed by atoms with Crippen LogP contribution < -0.4 is 20.1 Å². The van der Waals surface area contributed by atoms with Gasteiger partial charge in [0.2, 0.25) is 0 Å². The zero-order valence-electron chi connectivity index (χ0n) is 21.5. The number of para-hydroxylation sites is 3. The lowest BCUT2D eigenvalue weighted by atomic mass is 9.81. The van der Waals surface area contributed by atoms with Crippen LogP contribution in [-0.2, 0) is 19.1 Å². The van der Waals surface area contributed by atoms with Crippen molar-refractivity contribution in [1.29, 1.82) is 5.26 Å². The summed E-state index contributed by atoms with van der Waals surface area (Å²) in [5.74, 6) is -1.60. The molecule has 1 unspecified atom stereocenters. The number of carbonyl (C=O) groups excluding carboxylic acids is 2. The van der Waals surface area contributed by atoms with Crippen molar-refractivity contribution in [1.82, 2.24) is 0 Å². The molecule has 9 heteroatoms. The third-order valence-electron chi connectivity index (χ3n) is 6.07. The van der Waals surface area contributed by atoms with E-state index in [1.165, 1.54) is 19.1 Å². The van der Waals surface area contributed by atoms with E-state index in [-0.39, 0.29) is 35.9 Å². The lowest BCUT2D eigenvalue weighted by molar-refractivity contribution is -0.139. The minimum absolute atomic E-state index is 0.0454. The Hall–Kier alpha value is -5.23. The fourth-order valence-electron chi connectivity index (χ4n) is 4.36. The first kappa shape index (κ1) is 26.8. The summed E-state index contributed by atoms with van der Waals surface area (Å²) in [6.45, 7) is 0.415. The van der Waals surface area contributed by atoms with Crippen LogP contribution in [0.25, 0.3) is 0 Å². The summed E-state index contributed by atoms with van der Waals surface area (Å²) in [7, 11) is 2.40. The van der Waals surface area contributed by atoms with Gasteiger partial charge in [-0.05, 0) is 29.8 Å². The number of carbonyl (C=O) groups is 2. The van der Waals surface area contributed by atoms with Crippen molar-refractivity contribution < 1.29 is 28.5 Å². The molecule has 0 bridgehead atoms. The Morgan fingerprint density at radius 3 is 2.08 bits per heavy atom. The minimum Gasteiger partial charge on any atom is -0.490 e. The molecule has 0 fully saturated rings. The summed E-state index contributed by atoms with van der Waals surface area (Å²) >= 11 is 0. The zero-order chi connectivity index (χ0) is 27.8. The number of hydrogen-bond acceptors (Lipinski definition) is 9. The molecule has 0 saturated heterocycles. The van der Waals surface area contributed by atoms with Crippen LogP contribution in [-0.4, -0.2) is 39.4 Å². The third kappa shape index (κ3) is 5.55. The molecule has 9 nitrogen and oxygen atoms in total. The van der Waals surface area contributed by atoms with Gasteiger partial charge in [0, 0.05) is 0 Å². The standard InChI is InChI=1S/C30H27N3O6/c1-36-29(34)26-25(20-11-5-3-6-12-20)22(19-31)28(32)33(27(26)30(35)37-2)23-15-9-10-16-24(23)39-18-17-38-21-13-7-4-8-14-21/h3-16,25H,17-18,32H2,1-2H3. The Labute approximate surface area is 226 Å². The minimum atomic E-state index is -0.957. The Morgan fingerprint density at radius 2 is 1.44 bits per heavy atom. The highest BCUT2D eigenvalue weighted by Gasteiger charge is 2.43. The first-order chi connectivity index (χ1) is 19.0. The molecule has 0 aliphatic carbocycles. The van der Waals surface area contributed by atoms with E-state index in [0.717, 1.165) is 0 Å². The molecular formula is C30H27N3O6. The molecule has 3 aromatic rings. The lowest BCUT2D eigenvalue weighted by Crippen LogP contribution is -2.41. The van der Waals surface area contributed by atoms with E-state index in [2.05, 4.69) is 6.07 Å². The molecule has 1 heterocycles. The number of methoxy groups -OCH3 is 2. The molecule has 0 amide bonds. The van der Waals surface area contributed by atoms with Crippen LogP contribution in [0.2, 0.25) is 0 Å². The molecule has 1 aliphatic rings. The van der Waals surface area contributed by atoms with Gasteiger partial charge in [0.25, 0.3) is 0 Å². The number of nitrogens with two attached hydrogens (primary N) is 1. The predicted octanol–water partition coefficient (Wildman–Crippen LogP) is 4.04. The van der Waals surface area contributed by atoms with Gasteiger partial charge >= 0.3 is 11.9 Å². The number of esters is 2. The SMILES string of the molecule is COC(=O)C1=C(C(=O)OC)N(c2ccccc2OCCOc2ccccc2)C(N)=C(C#N)C1c1ccccc1. The number of benzene rings is 3. The second kappa shape index (κ2) is 12.3. The second-order valence-corrected chi connectivity index (χ2v) is 8.31. The Bertz CT molecular complexity index is 1440. The molecule has 198 valence electrons. The summed E-state index contributed by atoms with van der Waals surface area (Å²) in [6.07, 6.45) is 0. The number of ether oxygens (including phenoxy) is 4. The van der Waals surface area contributed by atoms with Gasteiger partial charge in [0.15, 0.2) is 0 Å². The van der Waals surface area contributed by atoms with Crippen LogP contribution in [0, 0.1) is 11.3 Å². The fraction of sp³-hybridized carbons (Fsp3) is 0.167. The molecule has 0 aromatic heterocycles. The summed E-state index contributed by atoms with van der Waals surface area (Å²) < 4.78 is 21.9. The largest absolute Gasteiger partial charge is 0.490 e. The van der Waals surface area contributed by atoms with Crippen LogP contribution in [0.5, 0.6) is 11.5 Å². The molecule has 1 aliphatic heterocycles. The molecule has 4 rings (SSSR count). The smallest absolute Gasteiger partial charge is 0.355 e. The van der Waals surface area contributed by atoms with E-state index in [4.69, 9.17) is 24.7 Å². The molecule has 3 aromatic carbocycles. The highest BCUT2D eigenvalue weighted by atomic mass is 16.5. The number of nitrogens with zero attached hydrogens (tertiary/aromatic N) is 2. The van der Waals surface area contributed by atoms with E-state index >= 15 is 0 Å². The number of allylic oxidation sites excluding steroid dienone is 1. The quantitative estimate of drug-likeness (QED) is 0.325. The van der Waals surface area contributed by atoms with Crippen LogP contribution >= 0.6 is 0 Å². The highest BCUT2D eigenvalue weighted by molar-refractivity contribution is 6.06. The molecular weight excluding hydrogens is 498 g/mol. The van der Waals surface area contributed by atoms with Gasteiger partial charge in [-0.25, -0.2) is 9.59 Å². The van der Waals surface area contributed by atoms with Gasteiger partial charge in [0.1, 0.15) is 36.2 Å². The van der Waals surface area contributed by atoms with Gasteiger partial charge in [-0.2, -0.15) is 5.26 Å². The van der Waals surface area contributed by atoms with Crippen LogP contribution in [0.15, 0.2) is 108 Å². The van der Waals surface area contributed by atoms with Crippen LogP contribution in [0.4, 0.5) is 5.69 Å². The molecule has 39 heavy (non-hydrogen) atoms. The van der Waals surface area contributed by atoms with Crippen molar-refractivity contribution in [2.75, 3.05) is 32.3 Å². The van der Waals surface area contributed by atoms with Gasteiger partial charge in [0.05, 0.1) is 43.0 Å². The first-order valence-corrected chi connectivity index (χ1v) is 12.1. The monoisotopic (exact) mass is 525 g/mol. The Balaban J connectivity index is 1.81. The second-order valence-electron chi connectivity index (χ2n) is 8.31. The maximum absolute atomic E-state index is 13.3. The third-order valence-corrected chi connectivity index (χ3v) is 6.07. The molecule has 0 radical (unpaired) electrons. The molecule has 1 atom stereocenters. The fourth-order valence-corrected chi connectivity index (χ4v) is 4.36. The topological polar surface area (TPSA) is 124 Å². The van der Waals surface area contributed by atoms with Crippen molar-refractivity contribution in [3.63, 3.8) is 0 Å². The Kier molecular flexibility index (Phi) is 8.49. The highest BCUT2D eigenvalue weighted by Crippen LogP contribution is 2.45. The molecule has 0 saturated carbocycles. The van der Waals surface area contributed by atoms with E-state index in [1.54, 1.807) is 54.6 Å². The van der Waals surface area contributed by atoms with Gasteiger partial charge in [-0.1, -0.05) is 60.7 Å². The summed E-state index contributed by atoms with van der Waals surface area (Å²) in [5.41, 5.74) is 7.31. The van der Waals surface area contributed by atoms with Crippen molar-refractivity contribution in [3.8, 4) is 17.6 Å². The average molecular weight is 526 g/mol. The summed E-state index contributed by atoms with van der Waals surface area (Å²) in [6, 6.07) is 27.1. The van der Waals surface area contributed by atoms with E-state index in [9.17, 15) is 14.9 Å². The number of anilines is 1. The average Bonchev–Trinajstić information content (AvgIpc) is 2.99. The Morgan fingerprint density at radius 1 is 0.846 bits per heavy atom.